The maximum atomic E-state index is 13.5. The zero-order valence-corrected chi connectivity index (χ0v) is 17.8. The number of ether oxygens (including phenoxy) is 3. The molecule has 0 unspecified atom stereocenters. The highest BCUT2D eigenvalue weighted by molar-refractivity contribution is 5.97. The summed E-state index contributed by atoms with van der Waals surface area (Å²) in [6.45, 7) is 3.75. The van der Waals surface area contributed by atoms with Gasteiger partial charge >= 0.3 is 0 Å². The van der Waals surface area contributed by atoms with Crippen LogP contribution < -0.4 is 25.0 Å². The van der Waals surface area contributed by atoms with E-state index < -0.39 is 0 Å². The summed E-state index contributed by atoms with van der Waals surface area (Å²) in [5, 5.41) is 3.18. The SMILES string of the molecule is CCCC(=O)Nc1oc2c(C)cccc2c(=O)c1-c1cc(OC)c(OC)c(OC)c1. The lowest BCUT2D eigenvalue weighted by atomic mass is 10.0. The lowest BCUT2D eigenvalue weighted by Gasteiger charge is -2.16. The number of carbonyl (C=O) groups is 1. The van der Waals surface area contributed by atoms with E-state index in [0.717, 1.165) is 5.56 Å². The van der Waals surface area contributed by atoms with Crippen molar-refractivity contribution in [1.82, 2.24) is 0 Å². The predicted octanol–water partition coefficient (Wildman–Crippen LogP) is 4.53. The van der Waals surface area contributed by atoms with Gasteiger partial charge in [0.15, 0.2) is 11.5 Å². The quantitative estimate of drug-likeness (QED) is 0.615. The molecule has 3 rings (SSSR count). The molecule has 30 heavy (non-hydrogen) atoms. The first-order valence-electron chi connectivity index (χ1n) is 9.61. The van der Waals surface area contributed by atoms with E-state index in [9.17, 15) is 9.59 Å². The summed E-state index contributed by atoms with van der Waals surface area (Å²) in [7, 11) is 4.50. The molecule has 0 bridgehead atoms. The molecule has 7 nitrogen and oxygen atoms in total. The molecule has 0 spiro atoms. The molecule has 0 radical (unpaired) electrons. The van der Waals surface area contributed by atoms with Crippen LogP contribution in [0.3, 0.4) is 0 Å². The van der Waals surface area contributed by atoms with Crippen molar-refractivity contribution in [1.29, 1.82) is 0 Å². The topological polar surface area (TPSA) is 87.0 Å². The maximum absolute atomic E-state index is 13.5. The van der Waals surface area contributed by atoms with Crippen LogP contribution in [0.4, 0.5) is 5.88 Å². The number of anilines is 1. The Hall–Kier alpha value is -3.48. The van der Waals surface area contributed by atoms with Gasteiger partial charge < -0.3 is 18.6 Å². The number of hydrogen-bond donors (Lipinski definition) is 1. The molecule has 158 valence electrons. The van der Waals surface area contributed by atoms with Crippen LogP contribution >= 0.6 is 0 Å². The second kappa shape index (κ2) is 8.90. The molecule has 3 aromatic rings. The van der Waals surface area contributed by atoms with E-state index in [0.29, 0.717) is 46.6 Å². The summed E-state index contributed by atoms with van der Waals surface area (Å²) in [5.74, 6) is 1.04. The van der Waals surface area contributed by atoms with Crippen molar-refractivity contribution < 1.29 is 23.4 Å². The van der Waals surface area contributed by atoms with Crippen LogP contribution in [0.1, 0.15) is 25.3 Å². The molecule has 1 N–H and O–H groups in total. The number of carbonyl (C=O) groups excluding carboxylic acids is 1. The third kappa shape index (κ3) is 3.83. The van der Waals surface area contributed by atoms with Gasteiger partial charge in [0.25, 0.3) is 0 Å². The van der Waals surface area contributed by atoms with E-state index in [2.05, 4.69) is 5.32 Å². The smallest absolute Gasteiger partial charge is 0.226 e. The number of fused-ring (bicyclic) bond motifs is 1. The highest BCUT2D eigenvalue weighted by atomic mass is 16.5. The third-order valence-corrected chi connectivity index (χ3v) is 4.80. The van der Waals surface area contributed by atoms with Gasteiger partial charge in [0, 0.05) is 6.42 Å². The summed E-state index contributed by atoms with van der Waals surface area (Å²) >= 11 is 0. The van der Waals surface area contributed by atoms with Crippen molar-refractivity contribution in [2.24, 2.45) is 0 Å². The molecule has 0 atom stereocenters. The Morgan fingerprint density at radius 1 is 1.07 bits per heavy atom. The Morgan fingerprint density at radius 3 is 2.30 bits per heavy atom. The van der Waals surface area contributed by atoms with Crippen LogP contribution in [0, 0.1) is 6.92 Å². The third-order valence-electron chi connectivity index (χ3n) is 4.80. The van der Waals surface area contributed by atoms with E-state index in [1.807, 2.05) is 19.9 Å². The van der Waals surface area contributed by atoms with Crippen molar-refractivity contribution in [3.63, 3.8) is 0 Å². The second-order valence-corrected chi connectivity index (χ2v) is 6.80. The van der Waals surface area contributed by atoms with Gasteiger partial charge in [0.2, 0.25) is 23.0 Å². The van der Waals surface area contributed by atoms with Crippen molar-refractivity contribution in [2.75, 3.05) is 26.6 Å². The van der Waals surface area contributed by atoms with Crippen LogP contribution in [-0.2, 0) is 4.79 Å². The Morgan fingerprint density at radius 2 is 1.73 bits per heavy atom. The van der Waals surface area contributed by atoms with Crippen molar-refractivity contribution >= 4 is 22.8 Å². The van der Waals surface area contributed by atoms with E-state index in [1.165, 1.54) is 21.3 Å². The van der Waals surface area contributed by atoms with Crippen LogP contribution in [0.5, 0.6) is 17.2 Å². The predicted molar refractivity (Wildman–Crippen MR) is 116 cm³/mol. The highest BCUT2D eigenvalue weighted by Gasteiger charge is 2.22. The molecule has 0 aliphatic rings. The molecule has 1 amide bonds. The number of benzene rings is 2. The summed E-state index contributed by atoms with van der Waals surface area (Å²) < 4.78 is 22.2. The minimum atomic E-state index is -0.263. The fraction of sp³-hybridized carbons (Fsp3) is 0.304. The second-order valence-electron chi connectivity index (χ2n) is 6.80. The van der Waals surface area contributed by atoms with Gasteiger partial charge in [-0.05, 0) is 42.7 Å². The fourth-order valence-electron chi connectivity index (χ4n) is 3.35. The van der Waals surface area contributed by atoms with E-state index in [1.54, 1.807) is 24.3 Å². The lowest BCUT2D eigenvalue weighted by molar-refractivity contribution is -0.116. The normalized spacial score (nSPS) is 10.7. The van der Waals surface area contributed by atoms with E-state index in [-0.39, 0.29) is 22.8 Å². The van der Waals surface area contributed by atoms with Crippen molar-refractivity contribution in [2.45, 2.75) is 26.7 Å². The molecule has 1 heterocycles. The monoisotopic (exact) mass is 411 g/mol. The van der Waals surface area contributed by atoms with Gasteiger partial charge in [-0.2, -0.15) is 0 Å². The van der Waals surface area contributed by atoms with E-state index in [4.69, 9.17) is 18.6 Å². The number of para-hydroxylation sites is 1. The number of aryl methyl sites for hydroxylation is 1. The highest BCUT2D eigenvalue weighted by Crippen LogP contribution is 2.42. The van der Waals surface area contributed by atoms with Crippen LogP contribution in [0.15, 0.2) is 39.5 Å². The number of rotatable bonds is 7. The molecule has 0 saturated carbocycles. The summed E-state index contributed by atoms with van der Waals surface area (Å²) in [5.41, 5.74) is 1.67. The Kier molecular flexibility index (Phi) is 6.30. The fourth-order valence-corrected chi connectivity index (χ4v) is 3.35. The van der Waals surface area contributed by atoms with E-state index >= 15 is 0 Å². The van der Waals surface area contributed by atoms with Gasteiger partial charge in [-0.15, -0.1) is 0 Å². The number of nitrogens with one attached hydrogen (secondary N) is 1. The molecule has 7 heteroatoms. The first-order chi connectivity index (χ1) is 14.4. The standard InChI is InChI=1S/C23H25NO6/c1-6-8-18(25)24-23-19(20(26)15-10-7-9-13(2)21(15)30-23)14-11-16(27-3)22(29-5)17(12-14)28-4/h7,9-12H,6,8H2,1-5H3,(H,24,25). The van der Waals surface area contributed by atoms with Crippen molar-refractivity contribution in [3.8, 4) is 28.4 Å². The zero-order chi connectivity index (χ0) is 21.8. The van der Waals surface area contributed by atoms with Gasteiger partial charge in [0.05, 0.1) is 32.3 Å². The van der Waals surface area contributed by atoms with Crippen LogP contribution in [0.25, 0.3) is 22.1 Å². The molecule has 0 fully saturated rings. The van der Waals surface area contributed by atoms with Gasteiger partial charge in [-0.3, -0.25) is 14.9 Å². The average Bonchev–Trinajstić information content (AvgIpc) is 2.73. The molecular weight excluding hydrogens is 386 g/mol. The minimum Gasteiger partial charge on any atom is -0.493 e. The van der Waals surface area contributed by atoms with Gasteiger partial charge in [-0.25, -0.2) is 0 Å². The van der Waals surface area contributed by atoms with Gasteiger partial charge in [-0.1, -0.05) is 19.1 Å². The molecule has 0 saturated heterocycles. The number of hydrogen-bond acceptors (Lipinski definition) is 6. The van der Waals surface area contributed by atoms with Crippen LogP contribution in [-0.4, -0.2) is 27.2 Å². The molecule has 0 aliphatic heterocycles. The first kappa shape index (κ1) is 21.2. The summed E-state index contributed by atoms with van der Waals surface area (Å²) in [6, 6.07) is 8.66. The Labute approximate surface area is 174 Å². The largest absolute Gasteiger partial charge is 0.493 e. The number of amides is 1. The Balaban J connectivity index is 2.35. The average molecular weight is 411 g/mol. The maximum Gasteiger partial charge on any atom is 0.226 e. The minimum absolute atomic E-state index is 0.0922. The number of methoxy groups -OCH3 is 3. The first-order valence-corrected chi connectivity index (χ1v) is 9.61. The molecule has 2 aromatic carbocycles. The molecule has 1 aromatic heterocycles. The zero-order valence-electron chi connectivity index (χ0n) is 17.8. The van der Waals surface area contributed by atoms with Crippen LogP contribution in [0.2, 0.25) is 0 Å². The summed E-state index contributed by atoms with van der Waals surface area (Å²) in [4.78, 5) is 25.8. The summed E-state index contributed by atoms with van der Waals surface area (Å²) in [6.07, 6.45) is 0.979. The van der Waals surface area contributed by atoms with Crippen molar-refractivity contribution in [3.05, 3.63) is 46.1 Å². The van der Waals surface area contributed by atoms with Gasteiger partial charge in [0.1, 0.15) is 5.58 Å². The molecule has 0 aliphatic carbocycles. The molecular formula is C23H25NO6. The lowest BCUT2D eigenvalue weighted by Crippen LogP contribution is -2.16. The Bertz CT molecular complexity index is 1120.